The van der Waals surface area contributed by atoms with Gasteiger partial charge in [-0.3, -0.25) is 0 Å². The van der Waals surface area contributed by atoms with Crippen LogP contribution >= 0.6 is 0 Å². The minimum absolute atomic E-state index is 0.258. The molecule has 0 amide bonds. The highest BCUT2D eigenvalue weighted by molar-refractivity contribution is 7.89. The molecule has 0 bridgehead atoms. The van der Waals surface area contributed by atoms with Crippen LogP contribution in [-0.4, -0.2) is 27.3 Å². The van der Waals surface area contributed by atoms with E-state index in [0.717, 1.165) is 12.0 Å². The summed E-state index contributed by atoms with van der Waals surface area (Å²) in [5.41, 5.74) is 1.55. The SMILES string of the molecule is CCCNS(=O)(=O)c1ccc(C(C)=NOCC)cc1. The lowest BCUT2D eigenvalue weighted by Gasteiger charge is -2.06. The molecule has 0 aliphatic carbocycles. The van der Waals surface area contributed by atoms with Crippen molar-refractivity contribution in [3.8, 4) is 0 Å². The fourth-order valence-corrected chi connectivity index (χ4v) is 2.54. The molecule has 6 heteroatoms. The second kappa shape index (κ2) is 7.25. The quantitative estimate of drug-likeness (QED) is 0.616. The number of benzene rings is 1. The standard InChI is InChI=1S/C13H20N2O3S/c1-4-10-14-19(16,17)13-8-6-12(7-9-13)11(3)15-18-5-2/h6-9,14H,4-5,10H2,1-3H3. The zero-order chi connectivity index (χ0) is 14.3. The molecule has 1 rings (SSSR count). The van der Waals surface area contributed by atoms with Gasteiger partial charge in [0, 0.05) is 6.54 Å². The zero-order valence-corrected chi connectivity index (χ0v) is 12.3. The fraction of sp³-hybridized carbons (Fsp3) is 0.462. The van der Waals surface area contributed by atoms with Crippen LogP contribution in [0.4, 0.5) is 0 Å². The van der Waals surface area contributed by atoms with Crippen LogP contribution in [-0.2, 0) is 14.9 Å². The maximum Gasteiger partial charge on any atom is 0.240 e. The van der Waals surface area contributed by atoms with Crippen molar-refractivity contribution in [3.63, 3.8) is 0 Å². The third kappa shape index (κ3) is 4.65. The first-order valence-corrected chi connectivity index (χ1v) is 7.76. The Morgan fingerprint density at radius 3 is 2.42 bits per heavy atom. The molecule has 0 spiro atoms. The van der Waals surface area contributed by atoms with Gasteiger partial charge < -0.3 is 4.84 Å². The van der Waals surface area contributed by atoms with E-state index in [4.69, 9.17) is 4.84 Å². The first kappa shape index (κ1) is 15.7. The van der Waals surface area contributed by atoms with E-state index in [2.05, 4.69) is 9.88 Å². The Bertz CT molecular complexity index is 521. The van der Waals surface area contributed by atoms with Gasteiger partial charge in [-0.1, -0.05) is 24.2 Å². The summed E-state index contributed by atoms with van der Waals surface area (Å²) in [7, 11) is -3.40. The second-order valence-electron chi connectivity index (χ2n) is 4.02. The second-order valence-corrected chi connectivity index (χ2v) is 5.78. The molecule has 0 unspecified atom stereocenters. The average Bonchev–Trinajstić information content (AvgIpc) is 2.42. The molecule has 5 nitrogen and oxygen atoms in total. The van der Waals surface area contributed by atoms with Crippen LogP contribution in [0.5, 0.6) is 0 Å². The van der Waals surface area contributed by atoms with Crippen molar-refractivity contribution >= 4 is 15.7 Å². The van der Waals surface area contributed by atoms with Crippen molar-refractivity contribution < 1.29 is 13.3 Å². The van der Waals surface area contributed by atoms with Gasteiger partial charge >= 0.3 is 0 Å². The van der Waals surface area contributed by atoms with Gasteiger partial charge in [-0.15, -0.1) is 0 Å². The monoisotopic (exact) mass is 284 g/mol. The minimum Gasteiger partial charge on any atom is -0.396 e. The maximum absolute atomic E-state index is 11.9. The molecular weight excluding hydrogens is 264 g/mol. The van der Waals surface area contributed by atoms with Crippen LogP contribution in [0.1, 0.15) is 32.8 Å². The van der Waals surface area contributed by atoms with E-state index in [1.54, 1.807) is 24.3 Å². The third-order valence-electron chi connectivity index (χ3n) is 2.46. The smallest absolute Gasteiger partial charge is 0.240 e. The molecule has 19 heavy (non-hydrogen) atoms. The molecule has 0 aromatic heterocycles. The summed E-state index contributed by atoms with van der Waals surface area (Å²) < 4.78 is 26.3. The van der Waals surface area contributed by atoms with Gasteiger partial charge in [0.15, 0.2) is 0 Å². The normalized spacial score (nSPS) is 12.5. The van der Waals surface area contributed by atoms with Crippen molar-refractivity contribution in [1.82, 2.24) is 4.72 Å². The Morgan fingerprint density at radius 2 is 1.89 bits per heavy atom. The summed E-state index contributed by atoms with van der Waals surface area (Å²) in [6, 6.07) is 6.58. The van der Waals surface area contributed by atoms with E-state index in [-0.39, 0.29) is 4.90 Å². The Hall–Kier alpha value is -1.40. The van der Waals surface area contributed by atoms with Crippen molar-refractivity contribution in [2.45, 2.75) is 32.1 Å². The molecular formula is C13H20N2O3S. The molecule has 0 radical (unpaired) electrons. The van der Waals surface area contributed by atoms with E-state index in [0.29, 0.717) is 18.9 Å². The molecule has 0 fully saturated rings. The molecule has 106 valence electrons. The molecule has 0 saturated heterocycles. The average molecular weight is 284 g/mol. The van der Waals surface area contributed by atoms with E-state index in [1.165, 1.54) is 0 Å². The first-order chi connectivity index (χ1) is 9.01. The van der Waals surface area contributed by atoms with Crippen LogP contribution in [0.25, 0.3) is 0 Å². The number of sulfonamides is 1. The Morgan fingerprint density at radius 1 is 1.26 bits per heavy atom. The number of oxime groups is 1. The molecule has 0 aliphatic heterocycles. The molecule has 1 aromatic carbocycles. The molecule has 0 saturated carbocycles. The molecule has 0 atom stereocenters. The number of rotatable bonds is 7. The number of nitrogens with zero attached hydrogens (tertiary/aromatic N) is 1. The summed E-state index contributed by atoms with van der Waals surface area (Å²) in [5, 5.41) is 3.91. The van der Waals surface area contributed by atoms with E-state index >= 15 is 0 Å². The molecule has 1 aromatic rings. The molecule has 0 heterocycles. The molecule has 0 aliphatic rings. The van der Waals surface area contributed by atoms with Crippen LogP contribution < -0.4 is 4.72 Å². The maximum atomic E-state index is 11.9. The summed E-state index contributed by atoms with van der Waals surface area (Å²) in [5.74, 6) is 0. The highest BCUT2D eigenvalue weighted by Gasteiger charge is 2.12. The van der Waals surface area contributed by atoms with Gasteiger partial charge in [-0.25, -0.2) is 13.1 Å². The summed E-state index contributed by atoms with van der Waals surface area (Å²) in [6.45, 7) is 6.53. The van der Waals surface area contributed by atoms with Gasteiger partial charge in [-0.2, -0.15) is 0 Å². The summed E-state index contributed by atoms with van der Waals surface area (Å²) >= 11 is 0. The van der Waals surface area contributed by atoms with E-state index in [9.17, 15) is 8.42 Å². The highest BCUT2D eigenvalue weighted by Crippen LogP contribution is 2.11. The van der Waals surface area contributed by atoms with Gasteiger partial charge in [0.2, 0.25) is 10.0 Å². The van der Waals surface area contributed by atoms with Crippen molar-refractivity contribution in [3.05, 3.63) is 29.8 Å². The van der Waals surface area contributed by atoms with Gasteiger partial charge in [0.25, 0.3) is 0 Å². The third-order valence-corrected chi connectivity index (χ3v) is 3.93. The van der Waals surface area contributed by atoms with E-state index in [1.807, 2.05) is 20.8 Å². The van der Waals surface area contributed by atoms with Crippen molar-refractivity contribution in [2.24, 2.45) is 5.16 Å². The highest BCUT2D eigenvalue weighted by atomic mass is 32.2. The number of hydrogen-bond acceptors (Lipinski definition) is 4. The molecule has 1 N–H and O–H groups in total. The lowest BCUT2D eigenvalue weighted by Crippen LogP contribution is -2.24. The predicted molar refractivity (Wildman–Crippen MR) is 75.8 cm³/mol. The topological polar surface area (TPSA) is 67.8 Å². The van der Waals surface area contributed by atoms with Crippen molar-refractivity contribution in [2.75, 3.05) is 13.2 Å². The zero-order valence-electron chi connectivity index (χ0n) is 11.5. The largest absolute Gasteiger partial charge is 0.396 e. The minimum atomic E-state index is -3.40. The lowest BCUT2D eigenvalue weighted by atomic mass is 10.1. The Kier molecular flexibility index (Phi) is 5.98. The number of hydrogen-bond donors (Lipinski definition) is 1. The van der Waals surface area contributed by atoms with Crippen LogP contribution in [0.15, 0.2) is 34.3 Å². The predicted octanol–water partition coefficient (Wildman–Crippen LogP) is 2.14. The fourth-order valence-electron chi connectivity index (χ4n) is 1.41. The van der Waals surface area contributed by atoms with E-state index < -0.39 is 10.0 Å². The van der Waals surface area contributed by atoms with Crippen molar-refractivity contribution in [1.29, 1.82) is 0 Å². The Balaban J connectivity index is 2.87. The van der Waals surface area contributed by atoms with Gasteiger partial charge in [-0.05, 0) is 38.0 Å². The van der Waals surface area contributed by atoms with Gasteiger partial charge in [0.1, 0.15) is 6.61 Å². The Labute approximate surface area is 114 Å². The van der Waals surface area contributed by atoms with Crippen LogP contribution in [0, 0.1) is 0 Å². The van der Waals surface area contributed by atoms with Gasteiger partial charge in [0.05, 0.1) is 10.6 Å². The lowest BCUT2D eigenvalue weighted by molar-refractivity contribution is 0.159. The summed E-state index contributed by atoms with van der Waals surface area (Å²) in [6.07, 6.45) is 0.761. The van der Waals surface area contributed by atoms with Crippen LogP contribution in [0.2, 0.25) is 0 Å². The summed E-state index contributed by atoms with van der Waals surface area (Å²) in [4.78, 5) is 5.22. The first-order valence-electron chi connectivity index (χ1n) is 6.28. The number of nitrogens with one attached hydrogen (secondary N) is 1. The van der Waals surface area contributed by atoms with Crippen LogP contribution in [0.3, 0.4) is 0 Å².